The summed E-state index contributed by atoms with van der Waals surface area (Å²) in [6.45, 7) is 0. The molecule has 0 saturated carbocycles. The molecule has 0 fully saturated rings. The molecular weight excluding hydrogens is 388 g/mol. The summed E-state index contributed by atoms with van der Waals surface area (Å²) in [5.74, 6) is 0.155. The van der Waals surface area contributed by atoms with Gasteiger partial charge in [-0.15, -0.1) is 0 Å². The van der Waals surface area contributed by atoms with Crippen LogP contribution in [0.15, 0.2) is 42.5 Å². The van der Waals surface area contributed by atoms with Crippen molar-refractivity contribution in [3.63, 3.8) is 0 Å². The highest BCUT2D eigenvalue weighted by atomic mass is 32.3. The number of fused-ring (bicyclic) bond motifs is 1. The third-order valence-electron chi connectivity index (χ3n) is 4.22. The van der Waals surface area contributed by atoms with Crippen LogP contribution in [0.4, 0.5) is 5.69 Å². The largest absolute Gasteiger partial charge is 0.455 e. The molecule has 1 unspecified atom stereocenters. The number of nitriles is 1. The fourth-order valence-corrected chi connectivity index (χ4v) is 6.17. The minimum absolute atomic E-state index is 0.0675. The number of sulfonamides is 2. The van der Waals surface area contributed by atoms with Gasteiger partial charge in [-0.25, -0.2) is 16.8 Å². The van der Waals surface area contributed by atoms with Gasteiger partial charge in [0, 0.05) is 0 Å². The lowest BCUT2D eigenvalue weighted by Gasteiger charge is -2.23. The van der Waals surface area contributed by atoms with Crippen LogP contribution in [-0.4, -0.2) is 29.3 Å². The van der Waals surface area contributed by atoms with Gasteiger partial charge in [0.15, 0.2) is 5.75 Å². The van der Waals surface area contributed by atoms with E-state index < -0.39 is 20.0 Å². The van der Waals surface area contributed by atoms with Gasteiger partial charge in [0.1, 0.15) is 11.4 Å². The van der Waals surface area contributed by atoms with Crippen LogP contribution in [0.1, 0.15) is 23.5 Å². The number of anilines is 1. The number of hydrogen-bond acceptors (Lipinski definition) is 6. The lowest BCUT2D eigenvalue weighted by molar-refractivity contribution is 0.483. The number of hydrogen-bond donors (Lipinski definition) is 0. The van der Waals surface area contributed by atoms with E-state index in [9.17, 15) is 22.1 Å². The molecule has 2 aromatic rings. The summed E-state index contributed by atoms with van der Waals surface area (Å²) < 4.78 is 55.2. The molecule has 142 valence electrons. The molecule has 0 aromatic heterocycles. The summed E-state index contributed by atoms with van der Waals surface area (Å²) >= 11 is 0. The Morgan fingerprint density at radius 1 is 1.07 bits per heavy atom. The molecule has 1 aliphatic carbocycles. The summed E-state index contributed by atoms with van der Waals surface area (Å²) in [5, 5.41) is 9.34. The zero-order chi connectivity index (χ0) is 19.8. The van der Waals surface area contributed by atoms with Crippen LogP contribution in [0.2, 0.25) is 0 Å². The van der Waals surface area contributed by atoms with Crippen molar-refractivity contribution < 1.29 is 21.6 Å². The maximum Gasteiger partial charge on any atom is 0.245 e. The van der Waals surface area contributed by atoms with E-state index in [1.54, 1.807) is 36.4 Å². The fraction of sp³-hybridized carbons (Fsp3) is 0.278. The predicted octanol–water partition coefficient (Wildman–Crippen LogP) is 2.76. The zero-order valence-electron chi connectivity index (χ0n) is 14.8. The average Bonchev–Trinajstić information content (AvgIpc) is 2.95. The summed E-state index contributed by atoms with van der Waals surface area (Å²) in [7, 11) is -8.25. The van der Waals surface area contributed by atoms with Crippen LogP contribution in [-0.2, 0) is 26.5 Å². The second kappa shape index (κ2) is 6.87. The van der Waals surface area contributed by atoms with Crippen LogP contribution in [0.25, 0.3) is 0 Å². The Morgan fingerprint density at radius 2 is 1.70 bits per heavy atom. The van der Waals surface area contributed by atoms with Crippen molar-refractivity contribution in [1.29, 1.82) is 5.26 Å². The van der Waals surface area contributed by atoms with Gasteiger partial charge in [0.2, 0.25) is 20.0 Å². The van der Waals surface area contributed by atoms with E-state index in [1.165, 1.54) is 6.07 Å². The quantitative estimate of drug-likeness (QED) is 0.756. The van der Waals surface area contributed by atoms with Crippen molar-refractivity contribution in [1.82, 2.24) is 0 Å². The van der Waals surface area contributed by atoms with Crippen molar-refractivity contribution in [2.24, 2.45) is 0 Å². The van der Waals surface area contributed by atoms with Crippen molar-refractivity contribution in [2.75, 3.05) is 16.2 Å². The first-order chi connectivity index (χ1) is 12.6. The fourth-order valence-electron chi connectivity index (χ4n) is 3.20. The number of rotatable bonds is 5. The first-order valence-corrected chi connectivity index (χ1v) is 11.8. The second-order valence-electron chi connectivity index (χ2n) is 6.38. The van der Waals surface area contributed by atoms with Crippen LogP contribution in [0, 0.1) is 11.3 Å². The minimum atomic E-state index is -4.13. The van der Waals surface area contributed by atoms with Crippen molar-refractivity contribution in [3.05, 3.63) is 53.6 Å². The predicted molar refractivity (Wildman–Crippen MR) is 102 cm³/mol. The molecular formula is C18H18N2O5S2. The van der Waals surface area contributed by atoms with E-state index in [-0.39, 0.29) is 17.4 Å². The topological polar surface area (TPSA) is 105 Å². The van der Waals surface area contributed by atoms with Gasteiger partial charge in [-0.05, 0) is 48.2 Å². The zero-order valence-corrected chi connectivity index (χ0v) is 16.4. The van der Waals surface area contributed by atoms with E-state index in [0.717, 1.165) is 23.6 Å². The Hall–Kier alpha value is -2.57. The second-order valence-corrected chi connectivity index (χ2v) is 10.3. The monoisotopic (exact) mass is 406 g/mol. The maximum atomic E-state index is 12.2. The van der Waals surface area contributed by atoms with E-state index in [0.29, 0.717) is 22.3 Å². The minimum Gasteiger partial charge on any atom is -0.455 e. The van der Waals surface area contributed by atoms with Gasteiger partial charge in [0.25, 0.3) is 0 Å². The molecule has 0 amide bonds. The molecule has 1 atom stereocenters. The molecule has 1 aliphatic rings. The number of benzene rings is 2. The first kappa shape index (κ1) is 19.2. The van der Waals surface area contributed by atoms with Gasteiger partial charge in [-0.2, -0.15) is 8.97 Å². The molecule has 0 N–H and O–H groups in total. The highest BCUT2D eigenvalue weighted by Gasteiger charge is 2.33. The van der Waals surface area contributed by atoms with Crippen molar-refractivity contribution in [3.8, 4) is 17.6 Å². The molecule has 0 radical (unpaired) electrons. The molecule has 0 bridgehead atoms. The number of nitrogens with zero attached hydrogens (tertiary/aromatic N) is 2. The lowest BCUT2D eigenvalue weighted by atomic mass is 10.0. The van der Waals surface area contributed by atoms with Gasteiger partial charge >= 0.3 is 0 Å². The summed E-state index contributed by atoms with van der Waals surface area (Å²) in [6.07, 6.45) is 2.81. The van der Waals surface area contributed by atoms with Crippen LogP contribution in [0.3, 0.4) is 0 Å². The van der Waals surface area contributed by atoms with E-state index >= 15 is 0 Å². The summed E-state index contributed by atoms with van der Waals surface area (Å²) in [6, 6.07) is 13.9. The molecule has 2 aromatic carbocycles. The molecule has 9 heteroatoms. The van der Waals surface area contributed by atoms with Crippen LogP contribution >= 0.6 is 0 Å². The molecule has 0 heterocycles. The maximum absolute atomic E-state index is 12.2. The lowest BCUT2D eigenvalue weighted by Crippen LogP contribution is -2.35. The Bertz CT molecular complexity index is 1090. The molecule has 3 rings (SSSR count). The average molecular weight is 406 g/mol. The standard InChI is InChI=1S/C18H18N2O5S2/c1-26(21,22)20(27(2,23)24)17-10-13-8-9-14(12-19)16(13)11-18(17)25-15-6-4-3-5-7-15/h3-7,10-11,14H,8-9H2,1-2H3. The number of aryl methyl sites for hydroxylation is 1. The van der Waals surface area contributed by atoms with E-state index in [1.807, 2.05) is 0 Å². The highest BCUT2D eigenvalue weighted by Crippen LogP contribution is 2.43. The van der Waals surface area contributed by atoms with Crippen molar-refractivity contribution >= 4 is 25.7 Å². The Balaban J connectivity index is 2.24. The van der Waals surface area contributed by atoms with Gasteiger partial charge in [-0.3, -0.25) is 0 Å². The SMILES string of the molecule is CS(=O)(=O)N(c1cc2c(cc1Oc1ccccc1)C(C#N)CC2)S(C)(=O)=O. The van der Waals surface area contributed by atoms with Crippen molar-refractivity contribution in [2.45, 2.75) is 18.8 Å². The molecule has 0 aliphatic heterocycles. The first-order valence-electron chi connectivity index (χ1n) is 8.11. The number of para-hydroxylation sites is 1. The molecule has 27 heavy (non-hydrogen) atoms. The third-order valence-corrected chi connectivity index (χ3v) is 7.45. The smallest absolute Gasteiger partial charge is 0.245 e. The third kappa shape index (κ3) is 3.91. The Labute approximate surface area is 158 Å². The highest BCUT2D eigenvalue weighted by molar-refractivity contribution is 8.09. The molecule has 0 spiro atoms. The number of ether oxygens (including phenoxy) is 1. The van der Waals surface area contributed by atoms with E-state index in [4.69, 9.17) is 4.74 Å². The summed E-state index contributed by atoms with van der Waals surface area (Å²) in [5.41, 5.74) is 1.39. The van der Waals surface area contributed by atoms with E-state index in [2.05, 4.69) is 6.07 Å². The molecule has 0 saturated heterocycles. The Kier molecular flexibility index (Phi) is 4.88. The van der Waals surface area contributed by atoms with Crippen LogP contribution in [0.5, 0.6) is 11.5 Å². The molecule has 7 nitrogen and oxygen atoms in total. The normalized spacial score (nSPS) is 16.4. The van der Waals surface area contributed by atoms with Gasteiger partial charge in [-0.1, -0.05) is 18.2 Å². The van der Waals surface area contributed by atoms with Gasteiger partial charge in [0.05, 0.1) is 24.5 Å². The Morgan fingerprint density at radius 3 is 2.26 bits per heavy atom. The van der Waals surface area contributed by atoms with Gasteiger partial charge < -0.3 is 4.74 Å². The van der Waals surface area contributed by atoms with Crippen LogP contribution < -0.4 is 8.45 Å². The summed E-state index contributed by atoms with van der Waals surface area (Å²) in [4.78, 5) is 0.